The zero-order valence-electron chi connectivity index (χ0n) is 66.8. The van der Waals surface area contributed by atoms with Crippen LogP contribution in [0.1, 0.15) is 39.3 Å². The fraction of sp³-hybridized carbons (Fsp3) is 0.400. The second-order valence-electron chi connectivity index (χ2n) is 29.3. The summed E-state index contributed by atoms with van der Waals surface area (Å²) in [5.41, 5.74) is 9.04. The second kappa shape index (κ2) is 39.5. The van der Waals surface area contributed by atoms with E-state index in [0.717, 1.165) is 192 Å². The lowest BCUT2D eigenvalue weighted by Crippen LogP contribution is -2.47. The van der Waals surface area contributed by atoms with Crippen molar-refractivity contribution in [3.8, 4) is 0 Å². The van der Waals surface area contributed by atoms with Crippen LogP contribution in [0.25, 0.3) is 0 Å². The zero-order valence-corrected chi connectivity index (χ0v) is 67.6. The Balaban J connectivity index is 0.000000134. The van der Waals surface area contributed by atoms with Crippen LogP contribution >= 0.6 is 11.8 Å². The van der Waals surface area contributed by atoms with Crippen molar-refractivity contribution in [1.29, 1.82) is 0 Å². The number of nitrogens with zero attached hydrogens (tertiary/aromatic N) is 27. The summed E-state index contributed by atoms with van der Waals surface area (Å²) in [4.78, 5) is 82.1. The van der Waals surface area contributed by atoms with Crippen molar-refractivity contribution in [2.75, 3.05) is 183 Å². The predicted octanol–water partition coefficient (Wildman–Crippen LogP) is 6.43. The fourth-order valence-corrected chi connectivity index (χ4v) is 15.1. The minimum absolute atomic E-state index is 0.102. The molecular weight excluding hydrogens is 1560 g/mol. The molecule has 0 amide bonds. The Labute approximate surface area is 695 Å². The van der Waals surface area contributed by atoms with E-state index >= 15 is 0 Å². The van der Waals surface area contributed by atoms with Crippen molar-refractivity contribution < 1.29 is 27.4 Å². The summed E-state index contributed by atoms with van der Waals surface area (Å²) in [5.74, 6) is 4.63. The molecule has 12 aromatic rings. The van der Waals surface area contributed by atoms with Crippen molar-refractivity contribution in [2.45, 2.75) is 81.3 Å². The standard InChI is InChI=1S/2C27H32FN11O.C26H30FN11OS/c1-19-24(16-34-39(19)17-23-15-29-6-11-40-23)35-25-32-18-33-27(36-25)38-9-7-37(8-10-38)26-30-13-21(14-31-26)12-20-2-4-22(28)5-3-20;1-19-24(16-34-39(19)17-22-15-29-6-11-40-22)35-25-32-18-33-27(36-25)38-9-7-37(8-10-38)26-30-13-20(14-31-26)12-21-4-2-3-5-23(21)28;1-18-23(15-33-38(18)16-20-12-28-6-11-39-20)34-24-31-17-32-26(35-24)37-9-7-36(8-10-37)25-29-13-22(14-30-25)40-21-4-2-19(27)3-5-21/h2-5,13-14,16,18,23,29H,6-12,15,17H2,1H3,(H,32,33,35,36);2-5,13-14,16,18,22,29H,6-12,15,17H2,1H3,(H,32,33,35,36);2-5,13-15,17,20,28H,6-12,16H2,1H3,(H,31,32,34,35)/t23-;22-;20-/m000/s1. The molecule has 6 aliphatic rings. The first-order valence-corrected chi connectivity index (χ1v) is 40.9. The molecule has 3 atom stereocenters. The molecule has 6 aliphatic heterocycles. The molecule has 0 radical (unpaired) electrons. The minimum Gasteiger partial charge on any atom is -0.374 e. The van der Waals surface area contributed by atoms with Crippen LogP contribution in [-0.4, -0.2) is 260 Å². The smallest absolute Gasteiger partial charge is 0.232 e. The lowest BCUT2D eigenvalue weighted by Gasteiger charge is -2.34. The number of rotatable bonds is 24. The summed E-state index contributed by atoms with van der Waals surface area (Å²) in [6.45, 7) is 24.2. The molecule has 9 aromatic heterocycles. The van der Waals surface area contributed by atoms with Gasteiger partial charge in [-0.25, -0.2) is 73.0 Å². The van der Waals surface area contributed by atoms with Crippen LogP contribution in [0.4, 0.5) is 83.8 Å². The molecule has 6 N–H and O–H groups in total. The monoisotopic (exact) mass is 1650 g/mol. The topological polar surface area (TPSA) is 366 Å². The van der Waals surface area contributed by atoms with Gasteiger partial charge in [0, 0.05) is 178 Å². The van der Waals surface area contributed by atoms with E-state index < -0.39 is 0 Å². The van der Waals surface area contributed by atoms with Crippen LogP contribution in [0.2, 0.25) is 0 Å². The van der Waals surface area contributed by atoms with Crippen molar-refractivity contribution >= 4 is 82.4 Å². The summed E-state index contributed by atoms with van der Waals surface area (Å²) in [7, 11) is 0. The Morgan fingerprint density at radius 2 is 0.708 bits per heavy atom. The number of ether oxygens (including phenoxy) is 3. The number of benzene rings is 3. The van der Waals surface area contributed by atoms with Gasteiger partial charge in [0.15, 0.2) is 0 Å². The number of nitrogens with one attached hydrogen (secondary N) is 6. The first kappa shape index (κ1) is 81.4. The van der Waals surface area contributed by atoms with Gasteiger partial charge in [-0.15, -0.1) is 0 Å². The van der Waals surface area contributed by atoms with E-state index in [0.29, 0.717) is 98.2 Å². The van der Waals surface area contributed by atoms with Crippen LogP contribution in [-0.2, 0) is 46.7 Å². The maximum Gasteiger partial charge on any atom is 0.232 e. The number of piperazine rings is 3. The second-order valence-corrected chi connectivity index (χ2v) is 30.5. The Morgan fingerprint density at radius 1 is 0.367 bits per heavy atom. The molecule has 0 aliphatic carbocycles. The lowest BCUT2D eigenvalue weighted by molar-refractivity contribution is 0.0157. The van der Waals surface area contributed by atoms with E-state index in [4.69, 9.17) is 14.2 Å². The highest BCUT2D eigenvalue weighted by molar-refractivity contribution is 7.99. The van der Waals surface area contributed by atoms with Gasteiger partial charge in [0.05, 0.1) is 111 Å². The SMILES string of the molecule is Cc1c(Nc2ncnc(N3CCN(c4ncc(Cc5ccc(F)cc5)cn4)CC3)n2)cnn1C[C@@H]1CNCCO1.Cc1c(Nc2ncnc(N3CCN(c4ncc(Cc5ccccc5F)cn4)CC3)n2)cnn1C[C@@H]1CNCCO1.Cc1c(Nc2ncnc(N3CCN(c4ncc(Sc5ccc(F)cc5)cn4)CC3)n2)cnn1C[C@@H]1CNCCO1. The third-order valence-corrected chi connectivity index (χ3v) is 22.1. The summed E-state index contributed by atoms with van der Waals surface area (Å²) in [6, 6.07) is 19.7. The Hall–Kier alpha value is -12.3. The zero-order chi connectivity index (χ0) is 81.9. The van der Waals surface area contributed by atoms with Gasteiger partial charge in [0.2, 0.25) is 53.5 Å². The van der Waals surface area contributed by atoms with E-state index in [1.165, 1.54) is 61.1 Å². The molecule has 0 bridgehead atoms. The Morgan fingerprint density at radius 3 is 1.07 bits per heavy atom. The van der Waals surface area contributed by atoms with Crippen LogP contribution in [0.5, 0.6) is 0 Å². The Kier molecular flexibility index (Phi) is 26.8. The number of halogens is 3. The largest absolute Gasteiger partial charge is 0.374 e. The van der Waals surface area contributed by atoms with E-state index in [1.807, 2.05) is 53.3 Å². The molecule has 624 valence electrons. The molecule has 36 nitrogen and oxygen atoms in total. The average Bonchev–Trinajstić information content (AvgIpc) is 0.879. The molecule has 15 heterocycles. The van der Waals surface area contributed by atoms with Gasteiger partial charge in [-0.1, -0.05) is 42.1 Å². The average molecular weight is 1650 g/mol. The minimum atomic E-state index is -0.249. The molecule has 120 heavy (non-hydrogen) atoms. The van der Waals surface area contributed by atoms with Gasteiger partial charge < -0.3 is 75.5 Å². The van der Waals surface area contributed by atoms with Gasteiger partial charge in [0.1, 0.15) is 36.4 Å². The van der Waals surface area contributed by atoms with Crippen molar-refractivity contribution in [3.05, 3.63) is 204 Å². The van der Waals surface area contributed by atoms with Crippen LogP contribution in [0.3, 0.4) is 0 Å². The highest BCUT2D eigenvalue weighted by Crippen LogP contribution is 2.30. The highest BCUT2D eigenvalue weighted by atomic mass is 32.2. The van der Waals surface area contributed by atoms with Gasteiger partial charge >= 0.3 is 0 Å². The lowest BCUT2D eigenvalue weighted by atomic mass is 10.1. The van der Waals surface area contributed by atoms with E-state index in [9.17, 15) is 13.2 Å². The first-order valence-electron chi connectivity index (χ1n) is 40.1. The molecular formula is C80H94F3N33O3S. The van der Waals surface area contributed by atoms with E-state index in [2.05, 4.69) is 151 Å². The first-order chi connectivity index (χ1) is 58.8. The summed E-state index contributed by atoms with van der Waals surface area (Å²) >= 11 is 1.50. The summed E-state index contributed by atoms with van der Waals surface area (Å²) < 4.78 is 63.5. The van der Waals surface area contributed by atoms with Crippen LogP contribution < -0.4 is 61.3 Å². The van der Waals surface area contributed by atoms with Crippen LogP contribution in [0.15, 0.2) is 157 Å². The van der Waals surface area contributed by atoms with Crippen LogP contribution in [0, 0.1) is 38.2 Å². The van der Waals surface area contributed by atoms with Gasteiger partial charge in [-0.3, -0.25) is 14.0 Å². The van der Waals surface area contributed by atoms with Gasteiger partial charge in [-0.2, -0.15) is 30.2 Å². The summed E-state index contributed by atoms with van der Waals surface area (Å²) in [5, 5.41) is 33.5. The van der Waals surface area contributed by atoms with Gasteiger partial charge in [-0.05, 0) is 85.5 Å². The number of anilines is 12. The molecule has 0 unspecified atom stereocenters. The van der Waals surface area contributed by atoms with Crippen molar-refractivity contribution in [3.63, 3.8) is 0 Å². The molecule has 3 aromatic carbocycles. The Bertz CT molecular complexity index is 5040. The maximum atomic E-state index is 14.0. The number of hydrogen-bond donors (Lipinski definition) is 6. The van der Waals surface area contributed by atoms with Gasteiger partial charge in [0.25, 0.3) is 0 Å². The van der Waals surface area contributed by atoms with E-state index in [1.54, 1.807) is 79.8 Å². The fourth-order valence-electron chi connectivity index (χ4n) is 14.3. The third kappa shape index (κ3) is 21.6. The maximum absolute atomic E-state index is 14.0. The molecule has 0 saturated carbocycles. The predicted molar refractivity (Wildman–Crippen MR) is 446 cm³/mol. The number of aromatic nitrogens is 21. The molecule has 18 rings (SSSR count). The molecule has 6 saturated heterocycles. The number of morpholine rings is 3. The highest BCUT2D eigenvalue weighted by Gasteiger charge is 2.28. The molecule has 6 fully saturated rings. The molecule has 0 spiro atoms. The third-order valence-electron chi connectivity index (χ3n) is 21.1. The van der Waals surface area contributed by atoms with Crippen molar-refractivity contribution in [2.24, 2.45) is 0 Å². The number of hydrogen-bond acceptors (Lipinski definition) is 34. The van der Waals surface area contributed by atoms with Crippen molar-refractivity contribution in [1.82, 2.24) is 120 Å². The normalized spacial score (nSPS) is 17.7. The van der Waals surface area contributed by atoms with E-state index in [-0.39, 0.29) is 35.8 Å². The quantitative estimate of drug-likeness (QED) is 0.0380. The summed E-state index contributed by atoms with van der Waals surface area (Å²) in [6.07, 6.45) is 22.2. The molecule has 40 heteroatoms.